The van der Waals surface area contributed by atoms with E-state index in [-0.39, 0.29) is 11.9 Å². The topological polar surface area (TPSA) is 75.3 Å². The van der Waals surface area contributed by atoms with Crippen LogP contribution in [0.2, 0.25) is 0 Å². The number of hydrogen-bond donors (Lipinski definition) is 3. The van der Waals surface area contributed by atoms with Crippen molar-refractivity contribution in [3.63, 3.8) is 0 Å². The van der Waals surface area contributed by atoms with Gasteiger partial charge in [-0.25, -0.2) is 0 Å². The lowest BCUT2D eigenvalue weighted by Gasteiger charge is -2.17. The molecule has 1 rings (SSSR count). The van der Waals surface area contributed by atoms with Crippen molar-refractivity contribution in [1.82, 2.24) is 0 Å². The van der Waals surface area contributed by atoms with Gasteiger partial charge in [0, 0.05) is 18.7 Å². The summed E-state index contributed by atoms with van der Waals surface area (Å²) in [5.74, 6) is -0.112. The second-order valence-corrected chi connectivity index (χ2v) is 3.82. The second-order valence-electron chi connectivity index (χ2n) is 3.82. The molecule has 0 saturated carbocycles. The molecule has 1 amide bonds. The van der Waals surface area contributed by atoms with Crippen molar-refractivity contribution in [1.29, 1.82) is 0 Å². The smallest absolute Gasteiger partial charge is 0.221 e. The van der Waals surface area contributed by atoms with Crippen molar-refractivity contribution in [3.8, 4) is 0 Å². The van der Waals surface area contributed by atoms with Crippen LogP contribution < -0.4 is 11.1 Å². The maximum atomic E-state index is 10.8. The molecule has 0 saturated heterocycles. The molecule has 0 radical (unpaired) electrons. The van der Waals surface area contributed by atoms with Crippen LogP contribution >= 0.6 is 0 Å². The van der Waals surface area contributed by atoms with Gasteiger partial charge in [-0.05, 0) is 24.1 Å². The largest absolute Gasteiger partial charge is 0.387 e. The van der Waals surface area contributed by atoms with Crippen LogP contribution in [0.4, 0.5) is 5.69 Å². The molecule has 1 aromatic carbocycles. The standard InChI is InChI=1S/C12H18N2O2/c1-3-11(13)12(16)9-4-6-10(7-5-9)14-8(2)15/h4-7,11-12,16H,3,13H2,1-2H3,(H,14,15). The van der Waals surface area contributed by atoms with Crippen molar-refractivity contribution >= 4 is 11.6 Å². The zero-order valence-electron chi connectivity index (χ0n) is 9.60. The van der Waals surface area contributed by atoms with E-state index in [0.717, 1.165) is 5.56 Å². The molecule has 0 spiro atoms. The van der Waals surface area contributed by atoms with Crippen LogP contribution in [0.1, 0.15) is 31.9 Å². The molecule has 4 nitrogen and oxygen atoms in total. The molecule has 4 N–H and O–H groups in total. The van der Waals surface area contributed by atoms with Gasteiger partial charge >= 0.3 is 0 Å². The van der Waals surface area contributed by atoms with Gasteiger partial charge in [-0.2, -0.15) is 0 Å². The molecule has 16 heavy (non-hydrogen) atoms. The van der Waals surface area contributed by atoms with Crippen molar-refractivity contribution in [2.45, 2.75) is 32.4 Å². The molecule has 2 atom stereocenters. The lowest BCUT2D eigenvalue weighted by atomic mass is 10.0. The molecule has 4 heteroatoms. The van der Waals surface area contributed by atoms with Crippen molar-refractivity contribution < 1.29 is 9.90 Å². The van der Waals surface area contributed by atoms with E-state index < -0.39 is 6.10 Å². The number of rotatable bonds is 4. The highest BCUT2D eigenvalue weighted by Crippen LogP contribution is 2.19. The normalized spacial score (nSPS) is 14.2. The molecular weight excluding hydrogens is 204 g/mol. The zero-order valence-corrected chi connectivity index (χ0v) is 9.60. The maximum absolute atomic E-state index is 10.8. The van der Waals surface area contributed by atoms with E-state index in [0.29, 0.717) is 12.1 Å². The van der Waals surface area contributed by atoms with E-state index >= 15 is 0 Å². The second kappa shape index (κ2) is 5.63. The predicted octanol–water partition coefficient (Wildman–Crippen LogP) is 1.42. The first-order valence-electron chi connectivity index (χ1n) is 5.35. The molecule has 0 fully saturated rings. The third-order valence-corrected chi connectivity index (χ3v) is 2.45. The van der Waals surface area contributed by atoms with Gasteiger partial charge in [-0.3, -0.25) is 4.79 Å². The van der Waals surface area contributed by atoms with Crippen molar-refractivity contribution in [2.24, 2.45) is 5.73 Å². The van der Waals surface area contributed by atoms with Crippen LogP contribution in [-0.4, -0.2) is 17.1 Å². The van der Waals surface area contributed by atoms with Crippen molar-refractivity contribution in [3.05, 3.63) is 29.8 Å². The first-order chi connectivity index (χ1) is 7.54. The molecule has 1 aromatic rings. The molecule has 2 unspecified atom stereocenters. The molecule has 0 aromatic heterocycles. The summed E-state index contributed by atoms with van der Waals surface area (Å²) < 4.78 is 0. The number of amides is 1. The Bertz CT molecular complexity index is 349. The Morgan fingerprint density at radius 2 is 2.00 bits per heavy atom. The fraction of sp³-hybridized carbons (Fsp3) is 0.417. The average molecular weight is 222 g/mol. The third kappa shape index (κ3) is 3.32. The highest BCUT2D eigenvalue weighted by atomic mass is 16.3. The van der Waals surface area contributed by atoms with E-state index in [9.17, 15) is 9.90 Å². The van der Waals surface area contributed by atoms with Crippen LogP contribution in [0.3, 0.4) is 0 Å². The van der Waals surface area contributed by atoms with Crippen LogP contribution in [0, 0.1) is 0 Å². The number of hydrogen-bond acceptors (Lipinski definition) is 3. The first kappa shape index (κ1) is 12.7. The Morgan fingerprint density at radius 3 is 2.44 bits per heavy atom. The molecule has 0 heterocycles. The monoisotopic (exact) mass is 222 g/mol. The maximum Gasteiger partial charge on any atom is 0.221 e. The van der Waals surface area contributed by atoms with E-state index in [1.807, 2.05) is 6.92 Å². The number of anilines is 1. The summed E-state index contributed by atoms with van der Waals surface area (Å²) in [4.78, 5) is 10.8. The van der Waals surface area contributed by atoms with Gasteiger partial charge in [0.2, 0.25) is 5.91 Å². The number of carbonyl (C=O) groups excluding carboxylic acids is 1. The molecule has 88 valence electrons. The molecular formula is C12H18N2O2. The highest BCUT2D eigenvalue weighted by molar-refractivity contribution is 5.88. The summed E-state index contributed by atoms with van der Waals surface area (Å²) in [5.41, 5.74) is 7.23. The minimum Gasteiger partial charge on any atom is -0.387 e. The zero-order chi connectivity index (χ0) is 12.1. The number of benzene rings is 1. The molecule has 0 aliphatic carbocycles. The molecule has 0 aliphatic heterocycles. The van der Waals surface area contributed by atoms with E-state index in [4.69, 9.17) is 5.73 Å². The van der Waals surface area contributed by atoms with E-state index in [2.05, 4.69) is 5.32 Å². The van der Waals surface area contributed by atoms with Crippen LogP contribution in [0.15, 0.2) is 24.3 Å². The predicted molar refractivity (Wildman–Crippen MR) is 64.0 cm³/mol. The van der Waals surface area contributed by atoms with Gasteiger partial charge in [0.15, 0.2) is 0 Å². The lowest BCUT2D eigenvalue weighted by Crippen LogP contribution is -2.27. The van der Waals surface area contributed by atoms with E-state index in [1.165, 1.54) is 6.92 Å². The number of aliphatic hydroxyl groups excluding tert-OH is 1. The number of nitrogens with one attached hydrogen (secondary N) is 1. The minimum absolute atomic E-state index is 0.112. The summed E-state index contributed by atoms with van der Waals surface area (Å²) >= 11 is 0. The van der Waals surface area contributed by atoms with Crippen LogP contribution in [-0.2, 0) is 4.79 Å². The Kier molecular flexibility index (Phi) is 4.46. The first-order valence-corrected chi connectivity index (χ1v) is 5.35. The summed E-state index contributed by atoms with van der Waals surface area (Å²) in [5, 5.41) is 12.5. The lowest BCUT2D eigenvalue weighted by molar-refractivity contribution is -0.114. The summed E-state index contributed by atoms with van der Waals surface area (Å²) in [7, 11) is 0. The third-order valence-electron chi connectivity index (χ3n) is 2.45. The Labute approximate surface area is 95.5 Å². The fourth-order valence-corrected chi connectivity index (χ4v) is 1.44. The van der Waals surface area contributed by atoms with Gasteiger partial charge < -0.3 is 16.2 Å². The summed E-state index contributed by atoms with van der Waals surface area (Å²) in [6, 6.07) is 6.79. The van der Waals surface area contributed by atoms with Gasteiger partial charge in [0.1, 0.15) is 0 Å². The quantitative estimate of drug-likeness (QED) is 0.721. The molecule has 0 bridgehead atoms. The molecule has 0 aliphatic rings. The van der Waals surface area contributed by atoms with Crippen LogP contribution in [0.5, 0.6) is 0 Å². The van der Waals surface area contributed by atoms with Gasteiger partial charge in [0.05, 0.1) is 6.10 Å². The van der Waals surface area contributed by atoms with Crippen molar-refractivity contribution in [2.75, 3.05) is 5.32 Å². The number of nitrogens with two attached hydrogens (primary N) is 1. The van der Waals surface area contributed by atoms with Gasteiger partial charge in [-0.1, -0.05) is 19.1 Å². The van der Waals surface area contributed by atoms with Gasteiger partial charge in [-0.15, -0.1) is 0 Å². The highest BCUT2D eigenvalue weighted by Gasteiger charge is 2.14. The number of aliphatic hydroxyl groups is 1. The fourth-order valence-electron chi connectivity index (χ4n) is 1.44. The van der Waals surface area contributed by atoms with E-state index in [1.54, 1.807) is 24.3 Å². The summed E-state index contributed by atoms with van der Waals surface area (Å²) in [6.45, 7) is 3.38. The Morgan fingerprint density at radius 1 is 1.44 bits per heavy atom. The summed E-state index contributed by atoms with van der Waals surface area (Å²) in [6.07, 6.45) is 0.0607. The Balaban J connectivity index is 2.74. The Hall–Kier alpha value is -1.39. The average Bonchev–Trinajstić information content (AvgIpc) is 2.27. The minimum atomic E-state index is -0.656. The SMILES string of the molecule is CCC(N)C(O)c1ccc(NC(C)=O)cc1. The van der Waals surface area contributed by atoms with Gasteiger partial charge in [0.25, 0.3) is 0 Å². The number of carbonyl (C=O) groups is 1. The van der Waals surface area contributed by atoms with Crippen LogP contribution in [0.25, 0.3) is 0 Å².